The first-order chi connectivity index (χ1) is 17.3. The fraction of sp³-hybridized carbons (Fsp3) is 0.107. The van der Waals surface area contributed by atoms with Gasteiger partial charge in [0.2, 0.25) is 15.9 Å². The van der Waals surface area contributed by atoms with Gasteiger partial charge in [-0.1, -0.05) is 60.7 Å². The number of para-hydroxylation sites is 1. The number of nitrogens with one attached hydrogen (secondary N) is 1. The van der Waals surface area contributed by atoms with Crippen LogP contribution in [0.3, 0.4) is 0 Å². The van der Waals surface area contributed by atoms with Crippen molar-refractivity contribution in [2.75, 3.05) is 11.9 Å². The molecule has 8 heteroatoms. The predicted molar refractivity (Wildman–Crippen MR) is 137 cm³/mol. The van der Waals surface area contributed by atoms with Crippen LogP contribution in [0.2, 0.25) is 0 Å². The maximum Gasteiger partial charge on any atom is 0.247 e. The molecule has 0 bridgehead atoms. The summed E-state index contributed by atoms with van der Waals surface area (Å²) in [7, 11) is -4.33. The van der Waals surface area contributed by atoms with E-state index in [1.165, 1.54) is 18.2 Å². The summed E-state index contributed by atoms with van der Waals surface area (Å²) < 4.78 is 48.2. The molecule has 0 fully saturated rings. The molecule has 0 saturated heterocycles. The molecule has 6 nitrogen and oxygen atoms in total. The molecule has 0 aromatic heterocycles. The van der Waals surface area contributed by atoms with E-state index in [0.29, 0.717) is 22.7 Å². The maximum absolute atomic E-state index is 14.5. The Balaban J connectivity index is 1.54. The van der Waals surface area contributed by atoms with Crippen molar-refractivity contribution in [3.8, 4) is 11.5 Å². The van der Waals surface area contributed by atoms with Crippen LogP contribution in [0.25, 0.3) is 0 Å². The Hall–Kier alpha value is -4.01. The molecule has 0 aliphatic heterocycles. The van der Waals surface area contributed by atoms with Crippen molar-refractivity contribution in [3.05, 3.63) is 121 Å². The topological polar surface area (TPSA) is 75.7 Å². The van der Waals surface area contributed by atoms with E-state index in [4.69, 9.17) is 4.74 Å². The first-order valence-electron chi connectivity index (χ1n) is 11.3. The fourth-order valence-electron chi connectivity index (χ4n) is 3.68. The summed E-state index contributed by atoms with van der Waals surface area (Å²) in [6.07, 6.45) is 0. The molecule has 1 atom stereocenters. The number of anilines is 1. The number of benzene rings is 4. The molecule has 0 heterocycles. The van der Waals surface area contributed by atoms with Crippen molar-refractivity contribution >= 4 is 21.6 Å². The zero-order valence-electron chi connectivity index (χ0n) is 19.5. The monoisotopic (exact) mass is 504 g/mol. The number of ether oxygens (including phenoxy) is 1. The molecule has 36 heavy (non-hydrogen) atoms. The molecule has 1 unspecified atom stereocenters. The largest absolute Gasteiger partial charge is 0.457 e. The minimum atomic E-state index is -4.33. The van der Waals surface area contributed by atoms with Gasteiger partial charge in [0.1, 0.15) is 22.2 Å². The van der Waals surface area contributed by atoms with Gasteiger partial charge in [0.05, 0.1) is 6.54 Å². The third-order valence-electron chi connectivity index (χ3n) is 5.55. The molecule has 4 aromatic carbocycles. The van der Waals surface area contributed by atoms with E-state index < -0.39 is 39.2 Å². The lowest BCUT2D eigenvalue weighted by atomic mass is 10.1. The van der Waals surface area contributed by atoms with Crippen LogP contribution in [0, 0.1) is 5.82 Å². The van der Waals surface area contributed by atoms with Gasteiger partial charge in [-0.15, -0.1) is 0 Å². The summed E-state index contributed by atoms with van der Waals surface area (Å²) in [6, 6.07) is 29.3. The predicted octanol–water partition coefficient (Wildman–Crippen LogP) is 6.01. The van der Waals surface area contributed by atoms with Crippen LogP contribution in [0.15, 0.2) is 114 Å². The average molecular weight is 505 g/mol. The van der Waals surface area contributed by atoms with E-state index in [0.717, 1.165) is 10.4 Å². The molecule has 184 valence electrons. The van der Waals surface area contributed by atoms with Gasteiger partial charge in [0.15, 0.2) is 0 Å². The number of sulfonamides is 1. The first-order valence-corrected chi connectivity index (χ1v) is 12.7. The highest BCUT2D eigenvalue weighted by Crippen LogP contribution is 2.29. The summed E-state index contributed by atoms with van der Waals surface area (Å²) in [5.74, 6) is -0.176. The highest BCUT2D eigenvalue weighted by molar-refractivity contribution is 7.89. The zero-order chi connectivity index (χ0) is 25.5. The Morgan fingerprint density at radius 2 is 1.39 bits per heavy atom. The summed E-state index contributed by atoms with van der Waals surface area (Å²) in [5, 5.41) is 2.71. The Morgan fingerprint density at radius 1 is 0.833 bits per heavy atom. The second-order valence-electron chi connectivity index (χ2n) is 8.06. The molecule has 0 aliphatic carbocycles. The van der Waals surface area contributed by atoms with Crippen LogP contribution in [-0.4, -0.2) is 25.2 Å². The van der Waals surface area contributed by atoms with E-state index in [2.05, 4.69) is 5.32 Å². The summed E-state index contributed by atoms with van der Waals surface area (Å²) >= 11 is 0. The highest BCUT2D eigenvalue weighted by Gasteiger charge is 2.33. The van der Waals surface area contributed by atoms with E-state index in [1.54, 1.807) is 55.5 Å². The number of amides is 1. The Labute approximate surface area is 210 Å². The standard InChI is InChI=1S/C28H25FN2O4S/c1-21(22-10-4-2-5-11-22)31(36(33,34)27-15-9-8-14-26(27)29)20-28(32)30-23-16-18-25(19-17-23)35-24-12-6-3-7-13-24/h2-19,21H,20H2,1H3,(H,30,32). The van der Waals surface area contributed by atoms with Crippen molar-refractivity contribution in [3.63, 3.8) is 0 Å². The number of carbonyl (C=O) groups is 1. The third-order valence-corrected chi connectivity index (χ3v) is 7.50. The molecule has 1 N–H and O–H groups in total. The smallest absolute Gasteiger partial charge is 0.247 e. The van der Waals surface area contributed by atoms with E-state index >= 15 is 0 Å². The quantitative estimate of drug-likeness (QED) is 0.303. The normalized spacial score (nSPS) is 12.2. The molecule has 1 amide bonds. The Kier molecular flexibility index (Phi) is 7.77. The van der Waals surface area contributed by atoms with Crippen LogP contribution in [0.1, 0.15) is 18.5 Å². The number of nitrogens with zero attached hydrogens (tertiary/aromatic N) is 1. The van der Waals surface area contributed by atoms with Gasteiger partial charge in [0.25, 0.3) is 0 Å². The number of rotatable bonds is 9. The Bertz CT molecular complexity index is 1410. The van der Waals surface area contributed by atoms with Gasteiger partial charge in [-0.25, -0.2) is 12.8 Å². The summed E-state index contributed by atoms with van der Waals surface area (Å²) in [5.41, 5.74) is 1.14. The Morgan fingerprint density at radius 3 is 2.03 bits per heavy atom. The molecule has 4 rings (SSSR count). The fourth-order valence-corrected chi connectivity index (χ4v) is 5.32. The van der Waals surface area contributed by atoms with Crippen LogP contribution >= 0.6 is 0 Å². The van der Waals surface area contributed by atoms with Gasteiger partial charge in [-0.3, -0.25) is 4.79 Å². The van der Waals surface area contributed by atoms with Crippen molar-refractivity contribution in [1.29, 1.82) is 0 Å². The molecular weight excluding hydrogens is 479 g/mol. The second-order valence-corrected chi connectivity index (χ2v) is 9.91. The average Bonchev–Trinajstić information content (AvgIpc) is 2.89. The summed E-state index contributed by atoms with van der Waals surface area (Å²) in [6.45, 7) is 1.16. The van der Waals surface area contributed by atoms with Gasteiger partial charge in [-0.2, -0.15) is 4.31 Å². The van der Waals surface area contributed by atoms with E-state index in [1.807, 2.05) is 36.4 Å². The van der Waals surface area contributed by atoms with Crippen molar-refractivity contribution in [1.82, 2.24) is 4.31 Å². The second kappa shape index (κ2) is 11.2. The minimum Gasteiger partial charge on any atom is -0.457 e. The molecular formula is C28H25FN2O4S. The molecule has 0 radical (unpaired) electrons. The molecule has 4 aromatic rings. The number of carbonyl (C=O) groups excluding carboxylic acids is 1. The minimum absolute atomic E-state index is 0.469. The van der Waals surface area contributed by atoms with Crippen molar-refractivity contribution in [2.45, 2.75) is 17.9 Å². The van der Waals surface area contributed by atoms with E-state index in [9.17, 15) is 17.6 Å². The van der Waals surface area contributed by atoms with Crippen molar-refractivity contribution < 1.29 is 22.3 Å². The van der Waals surface area contributed by atoms with Crippen molar-refractivity contribution in [2.24, 2.45) is 0 Å². The van der Waals surface area contributed by atoms with E-state index in [-0.39, 0.29) is 0 Å². The maximum atomic E-state index is 14.5. The van der Waals surface area contributed by atoms with Crippen LogP contribution in [0.5, 0.6) is 11.5 Å². The summed E-state index contributed by atoms with van der Waals surface area (Å²) in [4.78, 5) is 12.5. The number of hydrogen-bond donors (Lipinski definition) is 1. The molecule has 0 aliphatic rings. The lowest BCUT2D eigenvalue weighted by Crippen LogP contribution is -2.40. The van der Waals surface area contributed by atoms with Crippen LogP contribution < -0.4 is 10.1 Å². The molecule has 0 spiro atoms. The van der Waals surface area contributed by atoms with Crippen LogP contribution in [0.4, 0.5) is 10.1 Å². The number of halogens is 1. The van der Waals surface area contributed by atoms with Gasteiger partial charge < -0.3 is 10.1 Å². The highest BCUT2D eigenvalue weighted by atomic mass is 32.2. The van der Waals surface area contributed by atoms with Gasteiger partial charge in [-0.05, 0) is 61.0 Å². The first kappa shape index (κ1) is 25.1. The number of hydrogen-bond acceptors (Lipinski definition) is 4. The van der Waals surface area contributed by atoms with Gasteiger partial charge >= 0.3 is 0 Å². The van der Waals surface area contributed by atoms with Gasteiger partial charge in [0, 0.05) is 11.7 Å². The molecule has 0 saturated carbocycles. The van der Waals surface area contributed by atoms with Crippen LogP contribution in [-0.2, 0) is 14.8 Å². The zero-order valence-corrected chi connectivity index (χ0v) is 20.4. The lowest BCUT2D eigenvalue weighted by Gasteiger charge is -2.28. The lowest BCUT2D eigenvalue weighted by molar-refractivity contribution is -0.116. The third kappa shape index (κ3) is 5.97. The SMILES string of the molecule is CC(c1ccccc1)N(CC(=O)Nc1ccc(Oc2ccccc2)cc1)S(=O)(=O)c1ccccc1F.